The van der Waals surface area contributed by atoms with Crippen LogP contribution in [0.1, 0.15) is 12.8 Å². The maximum Gasteiger partial charge on any atom is 0.305 e. The Morgan fingerprint density at radius 2 is 2.00 bits per heavy atom. The molecule has 1 aromatic rings. The van der Waals surface area contributed by atoms with Crippen LogP contribution in [0.5, 0.6) is 0 Å². The molecule has 0 unspecified atom stereocenters. The molecule has 1 aromatic carbocycles. The molecule has 0 heterocycles. The lowest BCUT2D eigenvalue weighted by Crippen LogP contribution is -2.26. The largest absolute Gasteiger partial charge is 0.469 e. The standard InChI is InChI=1S/C13H17NO3S/c1-17-13(16)8-5-9-14-12(15)10-18-11-6-3-2-4-7-11/h2-4,6-7H,5,8-10H2,1H3,(H,14,15). The van der Waals surface area contributed by atoms with Gasteiger partial charge in [-0.1, -0.05) is 18.2 Å². The first kappa shape index (κ1) is 14.6. The van der Waals surface area contributed by atoms with E-state index in [1.807, 2.05) is 30.3 Å². The number of carbonyl (C=O) groups excluding carboxylic acids is 2. The van der Waals surface area contributed by atoms with E-state index in [-0.39, 0.29) is 11.9 Å². The molecular formula is C13H17NO3S. The van der Waals surface area contributed by atoms with E-state index >= 15 is 0 Å². The molecule has 1 rings (SSSR count). The van der Waals surface area contributed by atoms with Gasteiger partial charge in [-0.2, -0.15) is 0 Å². The summed E-state index contributed by atoms with van der Waals surface area (Å²) in [6.45, 7) is 0.503. The first-order valence-corrected chi connectivity index (χ1v) is 6.72. The third-order valence-corrected chi connectivity index (χ3v) is 3.23. The van der Waals surface area contributed by atoms with E-state index in [1.165, 1.54) is 18.9 Å². The molecule has 0 spiro atoms. The quantitative estimate of drug-likeness (QED) is 0.465. The van der Waals surface area contributed by atoms with E-state index in [1.54, 1.807) is 0 Å². The van der Waals surface area contributed by atoms with E-state index in [0.29, 0.717) is 25.1 Å². The van der Waals surface area contributed by atoms with Crippen LogP contribution in [0.15, 0.2) is 35.2 Å². The van der Waals surface area contributed by atoms with Crippen molar-refractivity contribution in [1.82, 2.24) is 5.32 Å². The van der Waals surface area contributed by atoms with Gasteiger partial charge in [0.25, 0.3) is 0 Å². The van der Waals surface area contributed by atoms with Gasteiger partial charge >= 0.3 is 5.97 Å². The Bertz CT molecular complexity index is 381. The molecule has 0 fully saturated rings. The highest BCUT2D eigenvalue weighted by Crippen LogP contribution is 2.16. The molecular weight excluding hydrogens is 250 g/mol. The molecule has 0 aliphatic heterocycles. The van der Waals surface area contributed by atoms with Gasteiger partial charge in [0.1, 0.15) is 0 Å². The summed E-state index contributed by atoms with van der Waals surface area (Å²) < 4.78 is 4.51. The first-order chi connectivity index (χ1) is 8.72. The number of esters is 1. The molecule has 1 N–H and O–H groups in total. The van der Waals surface area contributed by atoms with Crippen molar-refractivity contribution in [3.8, 4) is 0 Å². The van der Waals surface area contributed by atoms with E-state index < -0.39 is 0 Å². The third-order valence-electron chi connectivity index (χ3n) is 2.22. The van der Waals surface area contributed by atoms with Gasteiger partial charge in [0.15, 0.2) is 0 Å². The second-order valence-corrected chi connectivity index (χ2v) is 4.68. The van der Waals surface area contributed by atoms with Crippen molar-refractivity contribution in [2.75, 3.05) is 19.4 Å². The lowest BCUT2D eigenvalue weighted by molar-refractivity contribution is -0.140. The summed E-state index contributed by atoms with van der Waals surface area (Å²) in [7, 11) is 1.36. The molecule has 0 aromatic heterocycles. The number of carbonyl (C=O) groups is 2. The second-order valence-electron chi connectivity index (χ2n) is 3.63. The molecule has 4 nitrogen and oxygen atoms in total. The molecule has 18 heavy (non-hydrogen) atoms. The van der Waals surface area contributed by atoms with Gasteiger partial charge in [-0.15, -0.1) is 11.8 Å². The maximum atomic E-state index is 11.5. The highest BCUT2D eigenvalue weighted by atomic mass is 32.2. The molecule has 0 saturated carbocycles. The Kier molecular flexibility index (Phi) is 6.94. The van der Waals surface area contributed by atoms with Gasteiger partial charge in [-0.25, -0.2) is 0 Å². The van der Waals surface area contributed by atoms with Gasteiger partial charge in [0.2, 0.25) is 5.91 Å². The highest BCUT2D eigenvalue weighted by Gasteiger charge is 2.03. The van der Waals surface area contributed by atoms with Crippen LogP contribution < -0.4 is 5.32 Å². The average Bonchev–Trinajstić information content (AvgIpc) is 2.42. The zero-order valence-corrected chi connectivity index (χ0v) is 11.2. The minimum Gasteiger partial charge on any atom is -0.469 e. The molecule has 0 saturated heterocycles. The number of thioether (sulfide) groups is 1. The number of amides is 1. The number of ether oxygens (including phenoxy) is 1. The van der Waals surface area contributed by atoms with Gasteiger partial charge < -0.3 is 10.1 Å². The van der Waals surface area contributed by atoms with Crippen molar-refractivity contribution < 1.29 is 14.3 Å². The van der Waals surface area contributed by atoms with Crippen LogP contribution in [0.4, 0.5) is 0 Å². The lowest BCUT2D eigenvalue weighted by Gasteiger charge is -2.04. The Morgan fingerprint density at radius 1 is 1.28 bits per heavy atom. The second kappa shape index (κ2) is 8.58. The monoisotopic (exact) mass is 267 g/mol. The van der Waals surface area contributed by atoms with Crippen molar-refractivity contribution in [3.05, 3.63) is 30.3 Å². The summed E-state index contributed by atoms with van der Waals surface area (Å²) in [5, 5.41) is 2.76. The normalized spacial score (nSPS) is 9.83. The van der Waals surface area contributed by atoms with Gasteiger partial charge in [-0.3, -0.25) is 9.59 Å². The molecule has 98 valence electrons. The van der Waals surface area contributed by atoms with Crippen LogP contribution in [-0.4, -0.2) is 31.3 Å². The summed E-state index contributed by atoms with van der Waals surface area (Å²) >= 11 is 1.49. The Hall–Kier alpha value is -1.49. The van der Waals surface area contributed by atoms with Crippen LogP contribution >= 0.6 is 11.8 Å². The number of nitrogens with one attached hydrogen (secondary N) is 1. The predicted octanol–water partition coefficient (Wildman–Crippen LogP) is 1.85. The van der Waals surface area contributed by atoms with Crippen LogP contribution in [0.3, 0.4) is 0 Å². The zero-order valence-electron chi connectivity index (χ0n) is 10.3. The summed E-state index contributed by atoms with van der Waals surface area (Å²) in [5.41, 5.74) is 0. The summed E-state index contributed by atoms with van der Waals surface area (Å²) in [4.78, 5) is 23.4. The topological polar surface area (TPSA) is 55.4 Å². The Balaban J connectivity index is 2.09. The fourth-order valence-corrected chi connectivity index (χ4v) is 2.03. The highest BCUT2D eigenvalue weighted by molar-refractivity contribution is 8.00. The molecule has 1 amide bonds. The number of hydrogen-bond donors (Lipinski definition) is 1. The number of methoxy groups -OCH3 is 1. The number of rotatable bonds is 7. The Morgan fingerprint density at radius 3 is 2.67 bits per heavy atom. The van der Waals surface area contributed by atoms with Crippen molar-refractivity contribution in [1.29, 1.82) is 0 Å². The fraction of sp³-hybridized carbons (Fsp3) is 0.385. The van der Waals surface area contributed by atoms with Crippen molar-refractivity contribution in [2.45, 2.75) is 17.7 Å². The van der Waals surface area contributed by atoms with Crippen LogP contribution in [0.2, 0.25) is 0 Å². The molecule has 0 bridgehead atoms. The first-order valence-electron chi connectivity index (χ1n) is 5.73. The van der Waals surface area contributed by atoms with E-state index in [9.17, 15) is 9.59 Å². The van der Waals surface area contributed by atoms with E-state index in [4.69, 9.17) is 0 Å². The summed E-state index contributed by atoms with van der Waals surface area (Å²) in [6.07, 6.45) is 0.941. The average molecular weight is 267 g/mol. The molecule has 5 heteroatoms. The number of hydrogen-bond acceptors (Lipinski definition) is 4. The lowest BCUT2D eigenvalue weighted by atomic mass is 10.3. The minimum absolute atomic E-state index is 0.0197. The minimum atomic E-state index is -0.247. The summed E-state index contributed by atoms with van der Waals surface area (Å²) in [5.74, 6) is 0.124. The smallest absolute Gasteiger partial charge is 0.305 e. The van der Waals surface area contributed by atoms with Gasteiger partial charge in [0.05, 0.1) is 12.9 Å². The van der Waals surface area contributed by atoms with Gasteiger partial charge in [0, 0.05) is 17.9 Å². The Labute approximate surface area is 111 Å². The number of benzene rings is 1. The SMILES string of the molecule is COC(=O)CCCNC(=O)CSc1ccccc1. The van der Waals surface area contributed by atoms with Crippen molar-refractivity contribution in [3.63, 3.8) is 0 Å². The molecule has 0 aliphatic carbocycles. The molecule has 0 atom stereocenters. The van der Waals surface area contributed by atoms with Crippen molar-refractivity contribution >= 4 is 23.6 Å². The molecule has 0 aliphatic rings. The van der Waals surface area contributed by atoms with E-state index in [2.05, 4.69) is 10.1 Å². The van der Waals surface area contributed by atoms with E-state index in [0.717, 1.165) is 4.90 Å². The molecule has 0 radical (unpaired) electrons. The zero-order chi connectivity index (χ0) is 13.2. The third kappa shape index (κ3) is 6.30. The summed E-state index contributed by atoms with van der Waals surface area (Å²) in [6, 6.07) is 9.76. The van der Waals surface area contributed by atoms with Crippen LogP contribution in [-0.2, 0) is 14.3 Å². The fourth-order valence-electron chi connectivity index (χ4n) is 1.28. The predicted molar refractivity (Wildman–Crippen MR) is 71.4 cm³/mol. The van der Waals surface area contributed by atoms with Crippen LogP contribution in [0.25, 0.3) is 0 Å². The van der Waals surface area contributed by atoms with Gasteiger partial charge in [-0.05, 0) is 18.6 Å². The maximum absolute atomic E-state index is 11.5. The van der Waals surface area contributed by atoms with Crippen LogP contribution in [0, 0.1) is 0 Å². The van der Waals surface area contributed by atoms with Crippen molar-refractivity contribution in [2.24, 2.45) is 0 Å².